The Kier molecular flexibility index (Phi) is 6.42. The second-order valence-corrected chi connectivity index (χ2v) is 9.62. The monoisotopic (exact) mass is 438 g/mol. The van der Waals surface area contributed by atoms with Crippen molar-refractivity contribution in [1.29, 1.82) is 0 Å². The summed E-state index contributed by atoms with van der Waals surface area (Å²) in [6.45, 7) is 4.78. The zero-order chi connectivity index (χ0) is 22.1. The van der Waals surface area contributed by atoms with Gasteiger partial charge in [0.1, 0.15) is 10.6 Å². The maximum absolute atomic E-state index is 13.4. The lowest BCUT2D eigenvalue weighted by molar-refractivity contribution is 0.102. The van der Waals surface area contributed by atoms with Gasteiger partial charge in [0.2, 0.25) is 10.0 Å². The summed E-state index contributed by atoms with van der Waals surface area (Å²) in [6, 6.07) is 7.03. The van der Waals surface area contributed by atoms with Crippen LogP contribution < -0.4 is 10.1 Å². The Morgan fingerprint density at radius 3 is 2.33 bits per heavy atom. The largest absolute Gasteiger partial charge is 0.495 e. The molecule has 1 aliphatic heterocycles. The molecular formula is C21H24F2N2O4S. The lowest BCUT2D eigenvalue weighted by atomic mass is 9.94. The molecule has 2 unspecified atom stereocenters. The van der Waals surface area contributed by atoms with Crippen LogP contribution in [-0.2, 0) is 10.0 Å². The van der Waals surface area contributed by atoms with Crippen molar-refractivity contribution in [2.45, 2.75) is 25.2 Å². The zero-order valence-corrected chi connectivity index (χ0v) is 17.8. The Hall–Kier alpha value is -2.52. The molecule has 0 saturated carbocycles. The average molecular weight is 438 g/mol. The second kappa shape index (κ2) is 8.69. The lowest BCUT2D eigenvalue weighted by Gasteiger charge is -2.34. The standard InChI is InChI=1S/C21H24F2N2O4S/c1-13-8-14(2)12-25(11-13)30(27,28)20-9-15(4-7-19(20)29-3)21(26)24-16-5-6-17(22)18(23)10-16/h4-7,9-10,13-14H,8,11-12H2,1-3H3,(H,24,26). The Balaban J connectivity index is 1.92. The molecule has 0 spiro atoms. The van der Waals surface area contributed by atoms with E-state index < -0.39 is 27.6 Å². The molecule has 1 fully saturated rings. The van der Waals surface area contributed by atoms with E-state index in [0.29, 0.717) is 13.1 Å². The van der Waals surface area contributed by atoms with Crippen molar-refractivity contribution < 1.29 is 26.7 Å². The smallest absolute Gasteiger partial charge is 0.255 e. The van der Waals surface area contributed by atoms with Gasteiger partial charge in [-0.3, -0.25) is 4.79 Å². The van der Waals surface area contributed by atoms with Gasteiger partial charge in [0.25, 0.3) is 5.91 Å². The fourth-order valence-corrected chi connectivity index (χ4v) is 5.60. The molecule has 1 saturated heterocycles. The van der Waals surface area contributed by atoms with E-state index in [1.54, 1.807) is 0 Å². The molecule has 0 aliphatic carbocycles. The summed E-state index contributed by atoms with van der Waals surface area (Å²) in [4.78, 5) is 12.5. The molecule has 1 heterocycles. The number of nitrogens with zero attached hydrogens (tertiary/aromatic N) is 1. The number of carbonyl (C=O) groups is 1. The normalized spacial score (nSPS) is 20.0. The molecule has 0 radical (unpaired) electrons. The first-order chi connectivity index (χ1) is 14.1. The number of rotatable bonds is 5. The minimum absolute atomic E-state index is 0.0530. The van der Waals surface area contributed by atoms with Crippen molar-refractivity contribution in [3.8, 4) is 5.75 Å². The molecule has 1 aliphatic rings. The highest BCUT2D eigenvalue weighted by atomic mass is 32.2. The van der Waals surface area contributed by atoms with Gasteiger partial charge in [0.15, 0.2) is 11.6 Å². The number of hydrogen-bond donors (Lipinski definition) is 1. The number of methoxy groups -OCH3 is 1. The maximum atomic E-state index is 13.4. The first kappa shape index (κ1) is 22.2. The summed E-state index contributed by atoms with van der Waals surface area (Å²) in [5.41, 5.74) is 0.106. The minimum atomic E-state index is -3.89. The Labute approximate surface area is 174 Å². The molecule has 2 aromatic rings. The number of ether oxygens (including phenoxy) is 1. The predicted octanol–water partition coefficient (Wildman–Crippen LogP) is 3.89. The van der Waals surface area contributed by atoms with E-state index in [4.69, 9.17) is 4.74 Å². The van der Waals surface area contributed by atoms with E-state index in [1.165, 1.54) is 35.7 Å². The van der Waals surface area contributed by atoms with Crippen molar-refractivity contribution in [2.24, 2.45) is 11.8 Å². The highest BCUT2D eigenvalue weighted by molar-refractivity contribution is 7.89. The number of sulfonamides is 1. The first-order valence-corrected chi connectivity index (χ1v) is 11.0. The summed E-state index contributed by atoms with van der Waals surface area (Å²) in [6.07, 6.45) is 0.944. The van der Waals surface area contributed by atoms with Crippen LogP contribution in [0.4, 0.5) is 14.5 Å². The van der Waals surface area contributed by atoms with E-state index >= 15 is 0 Å². The lowest BCUT2D eigenvalue weighted by Crippen LogP contribution is -2.42. The molecule has 1 N–H and O–H groups in total. The number of anilines is 1. The van der Waals surface area contributed by atoms with Gasteiger partial charge in [-0.15, -0.1) is 0 Å². The Morgan fingerprint density at radius 2 is 1.73 bits per heavy atom. The topological polar surface area (TPSA) is 75.7 Å². The van der Waals surface area contributed by atoms with Crippen LogP contribution in [0.25, 0.3) is 0 Å². The maximum Gasteiger partial charge on any atom is 0.255 e. The van der Waals surface area contributed by atoms with Crippen LogP contribution in [0.2, 0.25) is 0 Å². The van der Waals surface area contributed by atoms with Crippen LogP contribution in [0.3, 0.4) is 0 Å². The second-order valence-electron chi connectivity index (χ2n) is 7.72. The highest BCUT2D eigenvalue weighted by Gasteiger charge is 2.34. The summed E-state index contributed by atoms with van der Waals surface area (Å²) >= 11 is 0. The molecule has 0 bridgehead atoms. The third-order valence-corrected chi connectivity index (χ3v) is 6.91. The van der Waals surface area contributed by atoms with Gasteiger partial charge in [0.05, 0.1) is 7.11 Å². The van der Waals surface area contributed by atoms with Crippen LogP contribution >= 0.6 is 0 Å². The van der Waals surface area contributed by atoms with Crippen molar-refractivity contribution in [3.05, 3.63) is 53.6 Å². The third-order valence-electron chi connectivity index (χ3n) is 5.06. The quantitative estimate of drug-likeness (QED) is 0.769. The number of nitrogens with one attached hydrogen (secondary N) is 1. The number of benzene rings is 2. The molecule has 30 heavy (non-hydrogen) atoms. The van der Waals surface area contributed by atoms with E-state index in [9.17, 15) is 22.0 Å². The summed E-state index contributed by atoms with van der Waals surface area (Å²) in [7, 11) is -2.54. The molecule has 2 aromatic carbocycles. The SMILES string of the molecule is COc1ccc(C(=O)Nc2ccc(F)c(F)c2)cc1S(=O)(=O)N1CC(C)CC(C)C1. The van der Waals surface area contributed by atoms with Gasteiger partial charge in [0, 0.05) is 30.4 Å². The fraction of sp³-hybridized carbons (Fsp3) is 0.381. The number of hydrogen-bond acceptors (Lipinski definition) is 4. The van der Waals surface area contributed by atoms with Crippen LogP contribution in [0.1, 0.15) is 30.6 Å². The number of halogens is 2. The van der Waals surface area contributed by atoms with Crippen molar-refractivity contribution in [1.82, 2.24) is 4.31 Å². The van der Waals surface area contributed by atoms with Gasteiger partial charge in [-0.25, -0.2) is 17.2 Å². The summed E-state index contributed by atoms with van der Waals surface area (Å²) in [5.74, 6) is -2.22. The van der Waals surface area contributed by atoms with E-state index in [2.05, 4.69) is 5.32 Å². The molecular weight excluding hydrogens is 414 g/mol. The van der Waals surface area contributed by atoms with Crippen LogP contribution in [0.5, 0.6) is 5.75 Å². The van der Waals surface area contributed by atoms with Crippen LogP contribution in [-0.4, -0.2) is 38.8 Å². The fourth-order valence-electron chi connectivity index (χ4n) is 3.74. The molecule has 2 atom stereocenters. The van der Waals surface area contributed by atoms with Crippen LogP contribution in [0, 0.1) is 23.5 Å². The first-order valence-electron chi connectivity index (χ1n) is 9.56. The molecule has 1 amide bonds. The van der Waals surface area contributed by atoms with E-state index in [0.717, 1.165) is 18.6 Å². The summed E-state index contributed by atoms with van der Waals surface area (Å²) in [5, 5.41) is 2.44. The highest BCUT2D eigenvalue weighted by Crippen LogP contribution is 2.32. The Morgan fingerprint density at radius 1 is 1.07 bits per heavy atom. The molecule has 0 aromatic heterocycles. The molecule has 6 nitrogen and oxygen atoms in total. The predicted molar refractivity (Wildman–Crippen MR) is 109 cm³/mol. The van der Waals surface area contributed by atoms with Gasteiger partial charge in [-0.05, 0) is 48.6 Å². The number of amides is 1. The molecule has 162 valence electrons. The summed E-state index contributed by atoms with van der Waals surface area (Å²) < 4.78 is 59.7. The van der Waals surface area contributed by atoms with E-state index in [-0.39, 0.29) is 33.7 Å². The minimum Gasteiger partial charge on any atom is -0.495 e. The van der Waals surface area contributed by atoms with Crippen molar-refractivity contribution >= 4 is 21.6 Å². The van der Waals surface area contributed by atoms with Gasteiger partial charge < -0.3 is 10.1 Å². The van der Waals surface area contributed by atoms with Gasteiger partial charge in [-0.1, -0.05) is 13.8 Å². The third kappa shape index (κ3) is 4.62. The number of carbonyl (C=O) groups excluding carboxylic acids is 1. The number of piperidine rings is 1. The van der Waals surface area contributed by atoms with Crippen LogP contribution in [0.15, 0.2) is 41.3 Å². The van der Waals surface area contributed by atoms with Gasteiger partial charge in [-0.2, -0.15) is 4.31 Å². The molecule has 9 heteroatoms. The van der Waals surface area contributed by atoms with Gasteiger partial charge >= 0.3 is 0 Å². The average Bonchev–Trinajstić information content (AvgIpc) is 2.69. The zero-order valence-electron chi connectivity index (χ0n) is 17.0. The molecule has 3 rings (SSSR count). The van der Waals surface area contributed by atoms with E-state index in [1.807, 2.05) is 13.8 Å². The van der Waals surface area contributed by atoms with Crippen molar-refractivity contribution in [2.75, 3.05) is 25.5 Å². The Bertz CT molecular complexity index is 1050. The van der Waals surface area contributed by atoms with Crippen molar-refractivity contribution in [3.63, 3.8) is 0 Å².